The van der Waals surface area contributed by atoms with Crippen LogP contribution in [-0.2, 0) is 0 Å². The number of phenols is 1. The van der Waals surface area contributed by atoms with Crippen molar-refractivity contribution in [1.29, 1.82) is 0 Å². The van der Waals surface area contributed by atoms with Gasteiger partial charge in [0.2, 0.25) is 0 Å². The number of carbonyl (C=O) groups is 1. The molecule has 0 fully saturated rings. The third-order valence-corrected chi connectivity index (χ3v) is 2.22. The van der Waals surface area contributed by atoms with Gasteiger partial charge in [-0.15, -0.1) is 0 Å². The lowest BCUT2D eigenvalue weighted by molar-refractivity contribution is 0.0693. The number of carboxylic acids is 1. The summed E-state index contributed by atoms with van der Waals surface area (Å²) in [6.07, 6.45) is 0. The molecule has 0 unspecified atom stereocenters. The number of benzene rings is 1. The van der Waals surface area contributed by atoms with Crippen molar-refractivity contribution in [1.82, 2.24) is 0 Å². The summed E-state index contributed by atoms with van der Waals surface area (Å²) in [4.78, 5) is 10.8. The fraction of sp³-hybridized carbons (Fsp3) is 0.364. The smallest absolute Gasteiger partial charge is 0.339 e. The number of hydrogen-bond acceptors (Lipinski definition) is 3. The van der Waals surface area contributed by atoms with Crippen LogP contribution in [0.4, 0.5) is 0 Å². The Morgan fingerprint density at radius 2 is 2.00 bits per heavy atom. The van der Waals surface area contributed by atoms with Crippen LogP contribution in [0.1, 0.15) is 35.7 Å². The first-order valence-electron chi connectivity index (χ1n) is 4.62. The average molecular weight is 210 g/mol. The number of aromatic hydroxyl groups is 1. The highest BCUT2D eigenvalue weighted by Crippen LogP contribution is 2.37. The molecule has 4 heteroatoms. The summed E-state index contributed by atoms with van der Waals surface area (Å²) in [6.45, 7) is 3.88. The van der Waals surface area contributed by atoms with Gasteiger partial charge in [0.15, 0.2) is 11.5 Å². The highest BCUT2D eigenvalue weighted by atomic mass is 16.5. The maximum absolute atomic E-state index is 10.8. The molecule has 0 aliphatic heterocycles. The number of aromatic carboxylic acids is 1. The van der Waals surface area contributed by atoms with Crippen LogP contribution in [0.2, 0.25) is 0 Å². The molecule has 0 spiro atoms. The van der Waals surface area contributed by atoms with Gasteiger partial charge < -0.3 is 14.9 Å². The molecule has 0 aliphatic carbocycles. The van der Waals surface area contributed by atoms with Crippen molar-refractivity contribution in [2.24, 2.45) is 0 Å². The first-order chi connectivity index (χ1) is 6.99. The highest BCUT2D eigenvalue weighted by Gasteiger charge is 2.18. The molecule has 0 radical (unpaired) electrons. The zero-order chi connectivity index (χ0) is 11.6. The molecule has 0 bridgehead atoms. The maximum atomic E-state index is 10.8. The second kappa shape index (κ2) is 4.21. The molecule has 0 atom stereocenters. The Labute approximate surface area is 88.1 Å². The summed E-state index contributed by atoms with van der Waals surface area (Å²) >= 11 is 0. The Hall–Kier alpha value is -1.71. The summed E-state index contributed by atoms with van der Waals surface area (Å²) in [6, 6.07) is 3.04. The van der Waals surface area contributed by atoms with E-state index in [1.165, 1.54) is 13.2 Å². The largest absolute Gasteiger partial charge is 0.504 e. The van der Waals surface area contributed by atoms with Gasteiger partial charge in [-0.1, -0.05) is 19.9 Å². The predicted octanol–water partition coefficient (Wildman–Crippen LogP) is 2.22. The molecule has 0 saturated heterocycles. The Kier molecular flexibility index (Phi) is 3.19. The van der Waals surface area contributed by atoms with Crippen LogP contribution in [-0.4, -0.2) is 23.3 Å². The summed E-state index contributed by atoms with van der Waals surface area (Å²) in [5.41, 5.74) is 0.649. The molecular formula is C11H14O4. The van der Waals surface area contributed by atoms with E-state index >= 15 is 0 Å². The van der Waals surface area contributed by atoms with Crippen LogP contribution in [0.3, 0.4) is 0 Å². The van der Waals surface area contributed by atoms with E-state index in [-0.39, 0.29) is 23.0 Å². The highest BCUT2D eigenvalue weighted by molar-refractivity contribution is 5.92. The van der Waals surface area contributed by atoms with Crippen LogP contribution >= 0.6 is 0 Å². The van der Waals surface area contributed by atoms with Gasteiger partial charge in [0.1, 0.15) is 5.56 Å². The summed E-state index contributed by atoms with van der Waals surface area (Å²) in [5.74, 6) is -1.07. The van der Waals surface area contributed by atoms with E-state index < -0.39 is 5.97 Å². The molecule has 2 N–H and O–H groups in total. The van der Waals surface area contributed by atoms with Gasteiger partial charge in [0.05, 0.1) is 7.11 Å². The molecule has 0 heterocycles. The second-order valence-corrected chi connectivity index (χ2v) is 3.54. The van der Waals surface area contributed by atoms with Crippen LogP contribution in [0.5, 0.6) is 11.5 Å². The van der Waals surface area contributed by atoms with E-state index in [2.05, 4.69) is 0 Å². The number of hydrogen-bond donors (Lipinski definition) is 2. The van der Waals surface area contributed by atoms with Gasteiger partial charge in [0, 0.05) is 5.56 Å². The van der Waals surface area contributed by atoms with Crippen molar-refractivity contribution in [2.75, 3.05) is 7.11 Å². The van der Waals surface area contributed by atoms with Gasteiger partial charge in [-0.2, -0.15) is 0 Å². The lowest BCUT2D eigenvalue weighted by Gasteiger charge is -2.14. The Balaban J connectivity index is 3.39. The molecular weight excluding hydrogens is 196 g/mol. The molecule has 0 aromatic heterocycles. The maximum Gasteiger partial charge on any atom is 0.339 e. The minimum atomic E-state index is -1.17. The standard InChI is InChI=1S/C11H14O4/c1-6(2)7-4-5-8(11(13)14)9(12)10(7)15-3/h4-6,12H,1-3H3,(H,13,14). The summed E-state index contributed by atoms with van der Waals surface area (Å²) in [5, 5.41) is 18.5. The Bertz CT molecular complexity index is 382. The molecule has 1 aromatic rings. The van der Waals surface area contributed by atoms with Crippen LogP contribution in [0.25, 0.3) is 0 Å². The van der Waals surface area contributed by atoms with Gasteiger partial charge in [-0.05, 0) is 12.0 Å². The monoisotopic (exact) mass is 210 g/mol. The van der Waals surface area contributed by atoms with E-state index in [4.69, 9.17) is 9.84 Å². The van der Waals surface area contributed by atoms with Crippen molar-refractivity contribution in [3.05, 3.63) is 23.3 Å². The summed E-state index contributed by atoms with van der Waals surface area (Å²) in [7, 11) is 1.41. The fourth-order valence-corrected chi connectivity index (χ4v) is 1.43. The lowest BCUT2D eigenvalue weighted by atomic mass is 9.99. The molecule has 82 valence electrons. The van der Waals surface area contributed by atoms with Gasteiger partial charge in [-0.3, -0.25) is 0 Å². The second-order valence-electron chi connectivity index (χ2n) is 3.54. The number of ether oxygens (including phenoxy) is 1. The number of methoxy groups -OCH3 is 1. The summed E-state index contributed by atoms with van der Waals surface area (Å²) < 4.78 is 5.01. The molecule has 1 rings (SSSR count). The van der Waals surface area contributed by atoms with Crippen molar-refractivity contribution >= 4 is 5.97 Å². The molecule has 0 aliphatic rings. The third-order valence-electron chi connectivity index (χ3n) is 2.22. The molecule has 1 aromatic carbocycles. The zero-order valence-electron chi connectivity index (χ0n) is 8.94. The Morgan fingerprint density at radius 1 is 1.40 bits per heavy atom. The molecule has 15 heavy (non-hydrogen) atoms. The first-order valence-corrected chi connectivity index (χ1v) is 4.62. The van der Waals surface area contributed by atoms with Crippen LogP contribution < -0.4 is 4.74 Å². The number of rotatable bonds is 3. The van der Waals surface area contributed by atoms with Gasteiger partial charge in [0.25, 0.3) is 0 Å². The van der Waals surface area contributed by atoms with Crippen LogP contribution in [0.15, 0.2) is 12.1 Å². The van der Waals surface area contributed by atoms with E-state index in [0.29, 0.717) is 0 Å². The fourth-order valence-electron chi connectivity index (χ4n) is 1.43. The minimum absolute atomic E-state index is 0.142. The van der Waals surface area contributed by atoms with E-state index in [1.54, 1.807) is 6.07 Å². The van der Waals surface area contributed by atoms with Crippen molar-refractivity contribution < 1.29 is 19.7 Å². The van der Waals surface area contributed by atoms with Crippen molar-refractivity contribution in [3.63, 3.8) is 0 Å². The normalized spacial score (nSPS) is 10.4. The first kappa shape index (κ1) is 11.4. The van der Waals surface area contributed by atoms with Crippen molar-refractivity contribution in [2.45, 2.75) is 19.8 Å². The zero-order valence-corrected chi connectivity index (χ0v) is 8.94. The van der Waals surface area contributed by atoms with E-state index in [9.17, 15) is 9.90 Å². The average Bonchev–Trinajstić information content (AvgIpc) is 2.16. The van der Waals surface area contributed by atoms with Gasteiger partial charge >= 0.3 is 5.97 Å². The predicted molar refractivity (Wildman–Crippen MR) is 55.7 cm³/mol. The topological polar surface area (TPSA) is 66.8 Å². The lowest BCUT2D eigenvalue weighted by Crippen LogP contribution is -2.01. The van der Waals surface area contributed by atoms with Crippen LogP contribution in [0, 0.1) is 0 Å². The number of carboxylic acid groups (broad SMARTS) is 1. The minimum Gasteiger partial charge on any atom is -0.504 e. The molecule has 0 saturated carbocycles. The molecule has 0 amide bonds. The van der Waals surface area contributed by atoms with E-state index in [1.807, 2.05) is 13.8 Å². The SMILES string of the molecule is COc1c(C(C)C)ccc(C(=O)O)c1O. The molecule has 4 nitrogen and oxygen atoms in total. The Morgan fingerprint density at radius 3 is 2.40 bits per heavy atom. The van der Waals surface area contributed by atoms with Gasteiger partial charge in [-0.25, -0.2) is 4.79 Å². The quantitative estimate of drug-likeness (QED) is 0.802. The van der Waals surface area contributed by atoms with E-state index in [0.717, 1.165) is 5.56 Å². The third kappa shape index (κ3) is 2.03. The van der Waals surface area contributed by atoms with Crippen molar-refractivity contribution in [3.8, 4) is 11.5 Å².